The Balaban J connectivity index is 1.69. The number of nitrogens with one attached hydrogen (secondary N) is 1. The Morgan fingerprint density at radius 2 is 2.14 bits per heavy atom. The Morgan fingerprint density at radius 3 is 2.90 bits per heavy atom. The van der Waals surface area contributed by atoms with Crippen molar-refractivity contribution in [1.29, 1.82) is 0 Å². The van der Waals surface area contributed by atoms with Gasteiger partial charge in [0, 0.05) is 17.2 Å². The molecule has 3 aromatic rings. The molecule has 1 aliphatic carbocycles. The minimum absolute atomic E-state index is 0.00190. The fourth-order valence-corrected chi connectivity index (χ4v) is 3.90. The van der Waals surface area contributed by atoms with Crippen molar-refractivity contribution in [3.05, 3.63) is 58.9 Å². The SMILES string of the molecule is [C-]#[N+]c1cc(-c2nc(-c3cccc4c3CCC[C@H]4NC)no2)ccc1OC(C)C. The summed E-state index contributed by atoms with van der Waals surface area (Å²) in [7, 11) is 2.00. The number of ether oxygens (including phenoxy) is 1. The van der Waals surface area contributed by atoms with E-state index in [0.29, 0.717) is 34.8 Å². The summed E-state index contributed by atoms with van der Waals surface area (Å²) in [6, 6.07) is 12.0. The van der Waals surface area contributed by atoms with E-state index in [1.54, 1.807) is 12.1 Å². The molecule has 6 heteroatoms. The molecule has 0 saturated carbocycles. The van der Waals surface area contributed by atoms with E-state index >= 15 is 0 Å². The Bertz CT molecular complexity index is 1060. The third-order valence-corrected chi connectivity index (χ3v) is 5.21. The van der Waals surface area contributed by atoms with Gasteiger partial charge in [-0.05, 0) is 69.5 Å². The maximum absolute atomic E-state index is 7.44. The lowest BCUT2D eigenvalue weighted by atomic mass is 9.85. The van der Waals surface area contributed by atoms with Gasteiger partial charge < -0.3 is 14.6 Å². The van der Waals surface area contributed by atoms with Gasteiger partial charge in [-0.3, -0.25) is 0 Å². The molecule has 1 aliphatic rings. The second-order valence-corrected chi connectivity index (χ2v) is 7.49. The molecule has 0 unspecified atom stereocenters. The number of fused-ring (bicyclic) bond motifs is 1. The van der Waals surface area contributed by atoms with E-state index in [4.69, 9.17) is 15.8 Å². The minimum Gasteiger partial charge on any atom is -0.502 e. The summed E-state index contributed by atoms with van der Waals surface area (Å²) in [6.45, 7) is 11.3. The van der Waals surface area contributed by atoms with E-state index in [2.05, 4.69) is 38.5 Å². The molecule has 0 aliphatic heterocycles. The monoisotopic (exact) mass is 388 g/mol. The number of nitrogens with zero attached hydrogens (tertiary/aromatic N) is 3. The van der Waals surface area contributed by atoms with Crippen molar-refractivity contribution in [2.24, 2.45) is 0 Å². The van der Waals surface area contributed by atoms with Crippen molar-refractivity contribution in [1.82, 2.24) is 15.5 Å². The first-order valence-electron chi connectivity index (χ1n) is 9.92. The lowest BCUT2D eigenvalue weighted by Crippen LogP contribution is -2.22. The third-order valence-electron chi connectivity index (χ3n) is 5.21. The van der Waals surface area contributed by atoms with Crippen LogP contribution in [0.3, 0.4) is 0 Å². The standard InChI is InChI=1S/C23H24N4O2/c1-14(2)28-21-12-11-15(13-20(21)25-4)23-26-22(27-29-23)18-9-5-8-17-16(18)7-6-10-19(17)24-3/h5,8-9,11-14,19,24H,6-7,10H2,1-3H3/t19-/m1/s1. The van der Waals surface area contributed by atoms with Gasteiger partial charge in [-0.15, -0.1) is 0 Å². The maximum atomic E-state index is 7.44. The predicted octanol–water partition coefficient (Wildman–Crippen LogP) is 5.34. The van der Waals surface area contributed by atoms with Gasteiger partial charge in [0.05, 0.1) is 12.7 Å². The first-order valence-corrected chi connectivity index (χ1v) is 9.92. The van der Waals surface area contributed by atoms with Gasteiger partial charge in [-0.25, -0.2) is 4.85 Å². The third kappa shape index (κ3) is 3.74. The summed E-state index contributed by atoms with van der Waals surface area (Å²) in [5.74, 6) is 1.55. The zero-order chi connectivity index (χ0) is 20.4. The molecule has 0 radical (unpaired) electrons. The topological polar surface area (TPSA) is 64.5 Å². The Morgan fingerprint density at radius 1 is 1.28 bits per heavy atom. The van der Waals surface area contributed by atoms with Gasteiger partial charge in [-0.2, -0.15) is 4.98 Å². The van der Waals surface area contributed by atoms with Crippen LogP contribution in [0.4, 0.5) is 5.69 Å². The molecule has 4 rings (SSSR count). The summed E-state index contributed by atoms with van der Waals surface area (Å²) in [4.78, 5) is 8.21. The van der Waals surface area contributed by atoms with Gasteiger partial charge in [-0.1, -0.05) is 23.4 Å². The van der Waals surface area contributed by atoms with E-state index in [-0.39, 0.29) is 6.10 Å². The summed E-state index contributed by atoms with van der Waals surface area (Å²) in [5.41, 5.74) is 4.76. The molecule has 0 amide bonds. The second kappa shape index (κ2) is 8.06. The second-order valence-electron chi connectivity index (χ2n) is 7.49. The highest BCUT2D eigenvalue weighted by Gasteiger charge is 2.23. The molecular formula is C23H24N4O2. The van der Waals surface area contributed by atoms with Gasteiger partial charge in [0.15, 0.2) is 0 Å². The van der Waals surface area contributed by atoms with Crippen LogP contribution in [-0.2, 0) is 6.42 Å². The van der Waals surface area contributed by atoms with E-state index in [9.17, 15) is 0 Å². The van der Waals surface area contributed by atoms with Crippen molar-refractivity contribution < 1.29 is 9.26 Å². The first kappa shape index (κ1) is 19.2. The maximum Gasteiger partial charge on any atom is 0.256 e. The van der Waals surface area contributed by atoms with Crippen molar-refractivity contribution in [2.75, 3.05) is 7.05 Å². The highest BCUT2D eigenvalue weighted by molar-refractivity contribution is 5.70. The van der Waals surface area contributed by atoms with Crippen LogP contribution in [-0.4, -0.2) is 23.3 Å². The number of hydrogen-bond acceptors (Lipinski definition) is 5. The van der Waals surface area contributed by atoms with Gasteiger partial charge in [0.1, 0.15) is 5.75 Å². The van der Waals surface area contributed by atoms with Crippen LogP contribution in [0.25, 0.3) is 27.7 Å². The molecule has 1 N–H and O–H groups in total. The predicted molar refractivity (Wildman–Crippen MR) is 112 cm³/mol. The van der Waals surface area contributed by atoms with Gasteiger partial charge in [0.2, 0.25) is 11.5 Å². The summed E-state index contributed by atoms with van der Waals surface area (Å²) < 4.78 is 11.2. The molecule has 0 fully saturated rings. The highest BCUT2D eigenvalue weighted by Crippen LogP contribution is 2.37. The van der Waals surface area contributed by atoms with Crippen LogP contribution in [0.2, 0.25) is 0 Å². The molecule has 148 valence electrons. The quantitative estimate of drug-likeness (QED) is 0.598. The molecule has 2 aromatic carbocycles. The van der Waals surface area contributed by atoms with E-state index < -0.39 is 0 Å². The summed E-state index contributed by atoms with van der Waals surface area (Å²) in [6.07, 6.45) is 3.28. The number of hydrogen-bond donors (Lipinski definition) is 1. The Labute approximate surface area is 170 Å². The smallest absolute Gasteiger partial charge is 0.256 e. The van der Waals surface area contributed by atoms with E-state index in [1.807, 2.05) is 27.0 Å². The van der Waals surface area contributed by atoms with Gasteiger partial charge >= 0.3 is 0 Å². The van der Waals surface area contributed by atoms with Gasteiger partial charge in [0.25, 0.3) is 5.89 Å². The molecule has 0 spiro atoms. The number of aromatic nitrogens is 2. The molecule has 6 nitrogen and oxygen atoms in total. The zero-order valence-electron chi connectivity index (χ0n) is 16.9. The molecule has 1 aromatic heterocycles. The normalized spacial score (nSPS) is 15.8. The highest BCUT2D eigenvalue weighted by atomic mass is 16.5. The van der Waals surface area contributed by atoms with Crippen LogP contribution in [0.5, 0.6) is 5.75 Å². The molecule has 29 heavy (non-hydrogen) atoms. The summed E-state index contributed by atoms with van der Waals surface area (Å²) in [5, 5.41) is 7.63. The molecular weight excluding hydrogens is 364 g/mol. The fraction of sp³-hybridized carbons (Fsp3) is 0.348. The fourth-order valence-electron chi connectivity index (χ4n) is 3.90. The minimum atomic E-state index is 0.00190. The van der Waals surface area contributed by atoms with Crippen LogP contribution in [0, 0.1) is 6.57 Å². The largest absolute Gasteiger partial charge is 0.502 e. The Hall–Kier alpha value is -3.17. The van der Waals surface area contributed by atoms with Crippen molar-refractivity contribution in [3.8, 4) is 28.6 Å². The number of rotatable bonds is 5. The first-order chi connectivity index (χ1) is 14.1. The van der Waals surface area contributed by atoms with Crippen LogP contribution >= 0.6 is 0 Å². The average molecular weight is 388 g/mol. The van der Waals surface area contributed by atoms with Crippen molar-refractivity contribution in [2.45, 2.75) is 45.3 Å². The van der Waals surface area contributed by atoms with Crippen LogP contribution < -0.4 is 10.1 Å². The van der Waals surface area contributed by atoms with Crippen molar-refractivity contribution >= 4 is 5.69 Å². The lowest BCUT2D eigenvalue weighted by molar-refractivity contribution is 0.244. The zero-order valence-corrected chi connectivity index (χ0v) is 16.9. The van der Waals surface area contributed by atoms with E-state index in [1.165, 1.54) is 11.1 Å². The van der Waals surface area contributed by atoms with Crippen LogP contribution in [0.1, 0.15) is 43.9 Å². The van der Waals surface area contributed by atoms with E-state index in [0.717, 1.165) is 24.8 Å². The number of benzene rings is 2. The summed E-state index contributed by atoms with van der Waals surface area (Å²) >= 11 is 0. The molecule has 0 bridgehead atoms. The van der Waals surface area contributed by atoms with Crippen molar-refractivity contribution in [3.63, 3.8) is 0 Å². The Kier molecular flexibility index (Phi) is 5.32. The molecule has 1 atom stereocenters. The van der Waals surface area contributed by atoms with Crippen LogP contribution in [0.15, 0.2) is 40.9 Å². The lowest BCUT2D eigenvalue weighted by Gasteiger charge is -2.26. The molecule has 0 saturated heterocycles. The average Bonchev–Trinajstić information content (AvgIpc) is 3.22. The molecule has 1 heterocycles.